The van der Waals surface area contributed by atoms with Crippen molar-refractivity contribution in [1.29, 1.82) is 0 Å². The highest BCUT2D eigenvalue weighted by Gasteiger charge is 2.42. The molecule has 0 unspecified atom stereocenters. The predicted molar refractivity (Wildman–Crippen MR) is 124 cm³/mol. The van der Waals surface area contributed by atoms with Gasteiger partial charge in [-0.2, -0.15) is 0 Å². The molecule has 1 aliphatic heterocycles. The second-order valence-corrected chi connectivity index (χ2v) is 8.73. The molecule has 0 atom stereocenters. The first-order valence-corrected chi connectivity index (χ1v) is 11.0. The summed E-state index contributed by atoms with van der Waals surface area (Å²) in [5.41, 5.74) is 3.11. The van der Waals surface area contributed by atoms with E-state index in [0.717, 1.165) is 33.5 Å². The van der Waals surface area contributed by atoms with Crippen molar-refractivity contribution in [3.63, 3.8) is 0 Å². The van der Waals surface area contributed by atoms with Crippen molar-refractivity contribution in [2.24, 2.45) is 5.92 Å². The van der Waals surface area contributed by atoms with Gasteiger partial charge in [0.2, 0.25) is 5.91 Å². The van der Waals surface area contributed by atoms with Gasteiger partial charge in [-0.15, -0.1) is 0 Å². The molecule has 0 spiro atoms. The fraction of sp³-hybridized carbons (Fsp3) is 0.385. The average Bonchev–Trinajstić information content (AvgIpc) is 2.79. The number of hydrogen-bond donors (Lipinski definition) is 1. The fourth-order valence-corrected chi connectivity index (χ4v) is 4.18. The van der Waals surface area contributed by atoms with Gasteiger partial charge in [0.1, 0.15) is 11.3 Å². The van der Waals surface area contributed by atoms with Gasteiger partial charge >= 0.3 is 0 Å². The van der Waals surface area contributed by atoms with Gasteiger partial charge in [0.05, 0.1) is 17.7 Å². The molecule has 5 nitrogen and oxygen atoms in total. The van der Waals surface area contributed by atoms with Crippen molar-refractivity contribution in [2.75, 3.05) is 25.1 Å². The minimum atomic E-state index is -0.606. The van der Waals surface area contributed by atoms with Crippen LogP contribution >= 0.6 is 0 Å². The molecule has 1 saturated heterocycles. The zero-order valence-electron chi connectivity index (χ0n) is 18.5. The van der Waals surface area contributed by atoms with Crippen molar-refractivity contribution in [1.82, 2.24) is 4.98 Å². The molecular weight excluding hydrogens is 388 g/mol. The third-order valence-corrected chi connectivity index (χ3v) is 5.90. The van der Waals surface area contributed by atoms with Crippen LogP contribution in [-0.2, 0) is 14.9 Å². The molecule has 0 aliphatic carbocycles. The van der Waals surface area contributed by atoms with Crippen molar-refractivity contribution in [3.8, 4) is 5.75 Å². The van der Waals surface area contributed by atoms with Crippen molar-refractivity contribution in [3.05, 3.63) is 65.9 Å². The van der Waals surface area contributed by atoms with E-state index < -0.39 is 5.41 Å². The number of carbonyl (C=O) groups excluding carboxylic acids is 1. The maximum absolute atomic E-state index is 13.7. The highest BCUT2D eigenvalue weighted by atomic mass is 16.5. The van der Waals surface area contributed by atoms with E-state index >= 15 is 0 Å². The molecule has 1 fully saturated rings. The Morgan fingerprint density at radius 1 is 1.16 bits per heavy atom. The van der Waals surface area contributed by atoms with Gasteiger partial charge in [-0.25, -0.2) is 0 Å². The number of hydrogen-bond acceptors (Lipinski definition) is 4. The number of nitrogens with one attached hydrogen (secondary N) is 1. The minimum Gasteiger partial charge on any atom is -0.491 e. The van der Waals surface area contributed by atoms with Crippen LogP contribution in [0.1, 0.15) is 37.8 Å². The Morgan fingerprint density at radius 2 is 1.97 bits per heavy atom. The first kappa shape index (κ1) is 21.3. The summed E-state index contributed by atoms with van der Waals surface area (Å²) >= 11 is 0. The van der Waals surface area contributed by atoms with Gasteiger partial charge < -0.3 is 14.8 Å². The number of nitrogens with zero attached hydrogens (tertiary/aromatic N) is 1. The highest BCUT2D eigenvalue weighted by Crippen LogP contribution is 2.38. The molecule has 162 valence electrons. The third kappa shape index (κ3) is 4.42. The van der Waals surface area contributed by atoms with Crippen LogP contribution < -0.4 is 10.1 Å². The zero-order chi connectivity index (χ0) is 21.8. The molecule has 2 heterocycles. The van der Waals surface area contributed by atoms with Crippen LogP contribution in [0.25, 0.3) is 10.9 Å². The van der Waals surface area contributed by atoms with Gasteiger partial charge in [0, 0.05) is 24.8 Å². The number of ether oxygens (including phenoxy) is 2. The number of rotatable bonds is 6. The summed E-state index contributed by atoms with van der Waals surface area (Å²) in [6.07, 6.45) is 3.07. The van der Waals surface area contributed by atoms with E-state index in [0.29, 0.717) is 38.6 Å². The summed E-state index contributed by atoms with van der Waals surface area (Å²) in [6, 6.07) is 15.9. The molecule has 3 aromatic rings. The van der Waals surface area contributed by atoms with Crippen molar-refractivity contribution >= 4 is 22.5 Å². The average molecular weight is 419 g/mol. The van der Waals surface area contributed by atoms with Crippen LogP contribution in [0.4, 0.5) is 5.69 Å². The van der Waals surface area contributed by atoms with E-state index in [2.05, 4.69) is 49.3 Å². The predicted octanol–water partition coefficient (Wildman–Crippen LogP) is 5.26. The van der Waals surface area contributed by atoms with Gasteiger partial charge in [0.25, 0.3) is 0 Å². The lowest BCUT2D eigenvalue weighted by Crippen LogP contribution is -2.44. The van der Waals surface area contributed by atoms with Gasteiger partial charge in [0.15, 0.2) is 0 Å². The van der Waals surface area contributed by atoms with Crippen molar-refractivity contribution in [2.45, 2.75) is 39.0 Å². The van der Waals surface area contributed by atoms with E-state index in [4.69, 9.17) is 9.47 Å². The summed E-state index contributed by atoms with van der Waals surface area (Å²) in [7, 11) is 0. The summed E-state index contributed by atoms with van der Waals surface area (Å²) in [6.45, 7) is 8.06. The van der Waals surface area contributed by atoms with E-state index in [9.17, 15) is 4.79 Å². The minimum absolute atomic E-state index is 0.00222. The van der Waals surface area contributed by atoms with Gasteiger partial charge in [-0.1, -0.05) is 43.7 Å². The SMILES string of the molecule is Cc1cccc(C2(C(=O)Nc3ccc(OCC(C)C)c4ncccc34)CCOCC2)c1. The normalized spacial score (nSPS) is 15.7. The molecule has 31 heavy (non-hydrogen) atoms. The van der Waals surface area contributed by atoms with Crippen molar-refractivity contribution < 1.29 is 14.3 Å². The number of fused-ring (bicyclic) bond motifs is 1. The van der Waals surface area contributed by atoms with E-state index in [1.165, 1.54) is 0 Å². The standard InChI is InChI=1S/C26H30N2O3/c1-18(2)17-31-23-10-9-22(21-8-5-13-27-24(21)23)28-25(29)26(11-14-30-15-12-26)20-7-4-6-19(3)16-20/h4-10,13,16,18H,11-12,14-15,17H2,1-3H3,(H,28,29). The molecule has 0 bridgehead atoms. The molecule has 1 aliphatic rings. The number of benzene rings is 2. The monoisotopic (exact) mass is 418 g/mol. The van der Waals surface area contributed by atoms with Crippen LogP contribution in [-0.4, -0.2) is 30.7 Å². The molecule has 5 heteroatoms. The van der Waals surface area contributed by atoms with Crippen LogP contribution in [0.5, 0.6) is 5.75 Å². The third-order valence-electron chi connectivity index (χ3n) is 5.90. The largest absolute Gasteiger partial charge is 0.491 e. The van der Waals surface area contributed by atoms with Gasteiger partial charge in [-0.05, 0) is 55.5 Å². The lowest BCUT2D eigenvalue weighted by molar-refractivity contribution is -0.125. The number of anilines is 1. The van der Waals surface area contributed by atoms with Crippen LogP contribution in [0, 0.1) is 12.8 Å². The molecule has 4 rings (SSSR count). The highest BCUT2D eigenvalue weighted by molar-refractivity contribution is 6.06. The van der Waals surface area contributed by atoms with E-state index in [1.54, 1.807) is 6.20 Å². The Hall–Kier alpha value is -2.92. The van der Waals surface area contributed by atoms with Crippen LogP contribution in [0.2, 0.25) is 0 Å². The summed E-state index contributed by atoms with van der Waals surface area (Å²) < 4.78 is 11.6. The summed E-state index contributed by atoms with van der Waals surface area (Å²) in [5, 5.41) is 4.09. The molecule has 2 aromatic carbocycles. The lowest BCUT2D eigenvalue weighted by atomic mass is 9.73. The first-order valence-electron chi connectivity index (χ1n) is 11.0. The quantitative estimate of drug-likeness (QED) is 0.593. The van der Waals surface area contributed by atoms with E-state index in [-0.39, 0.29) is 5.91 Å². The molecule has 1 N–H and O–H groups in total. The number of aryl methyl sites for hydroxylation is 1. The zero-order valence-corrected chi connectivity index (χ0v) is 18.5. The van der Waals surface area contributed by atoms with Crippen LogP contribution in [0.3, 0.4) is 0 Å². The molecular formula is C26H30N2O3. The fourth-order valence-electron chi connectivity index (χ4n) is 4.18. The number of aromatic nitrogens is 1. The first-order chi connectivity index (χ1) is 15.0. The molecule has 0 saturated carbocycles. The lowest BCUT2D eigenvalue weighted by Gasteiger charge is -2.36. The molecule has 1 aromatic heterocycles. The second kappa shape index (κ2) is 9.06. The topological polar surface area (TPSA) is 60.5 Å². The summed E-state index contributed by atoms with van der Waals surface area (Å²) in [5.74, 6) is 1.16. The Balaban J connectivity index is 1.69. The Morgan fingerprint density at radius 3 is 2.71 bits per heavy atom. The second-order valence-electron chi connectivity index (χ2n) is 8.73. The number of pyridine rings is 1. The number of amides is 1. The Bertz CT molecular complexity index is 1070. The maximum atomic E-state index is 13.7. The number of carbonyl (C=O) groups is 1. The molecule has 0 radical (unpaired) electrons. The summed E-state index contributed by atoms with van der Waals surface area (Å²) in [4.78, 5) is 18.3. The van der Waals surface area contributed by atoms with Gasteiger partial charge in [-0.3, -0.25) is 9.78 Å². The van der Waals surface area contributed by atoms with Crippen LogP contribution in [0.15, 0.2) is 54.7 Å². The molecule has 1 amide bonds. The maximum Gasteiger partial charge on any atom is 0.235 e. The van der Waals surface area contributed by atoms with E-state index in [1.807, 2.05) is 30.3 Å². The smallest absolute Gasteiger partial charge is 0.235 e. The Labute approximate surface area is 183 Å². The Kier molecular flexibility index (Phi) is 6.23.